The molecule has 1 saturated heterocycles. The van der Waals surface area contributed by atoms with Crippen molar-refractivity contribution < 1.29 is 31.1 Å². The quantitative estimate of drug-likeness (QED) is 0.430. The fourth-order valence-corrected chi connectivity index (χ4v) is 5.28. The van der Waals surface area contributed by atoms with Gasteiger partial charge in [-0.05, 0) is 43.7 Å². The van der Waals surface area contributed by atoms with Crippen LogP contribution in [0.4, 0.5) is 26.3 Å². The molecular weight excluding hydrogens is 510 g/mol. The summed E-state index contributed by atoms with van der Waals surface area (Å²) in [7, 11) is 0. The van der Waals surface area contributed by atoms with Crippen LogP contribution in [0.15, 0.2) is 48.8 Å². The SMILES string of the molecule is Cc1nn(C(C)c2ccc(C(F)(F)F)cc2C(F)(F)F)cc1C1(c2ccccn2)NNC(C(N)=O)S1. The highest BCUT2D eigenvalue weighted by Gasteiger charge is 2.48. The van der Waals surface area contributed by atoms with Crippen LogP contribution >= 0.6 is 11.8 Å². The number of pyridine rings is 1. The molecular formula is C22H20F6N6OS. The molecule has 3 atom stereocenters. The molecule has 1 amide bonds. The first-order valence-corrected chi connectivity index (χ1v) is 11.4. The van der Waals surface area contributed by atoms with Crippen molar-refractivity contribution in [1.29, 1.82) is 0 Å². The average molecular weight is 530 g/mol. The smallest absolute Gasteiger partial charge is 0.368 e. The van der Waals surface area contributed by atoms with Crippen molar-refractivity contribution >= 4 is 17.7 Å². The number of halogens is 6. The van der Waals surface area contributed by atoms with Crippen LogP contribution in [0.5, 0.6) is 0 Å². The van der Waals surface area contributed by atoms with Crippen LogP contribution in [0.1, 0.15) is 46.6 Å². The lowest BCUT2D eigenvalue weighted by Gasteiger charge is -2.27. The van der Waals surface area contributed by atoms with Crippen LogP contribution < -0.4 is 16.6 Å². The molecule has 14 heteroatoms. The van der Waals surface area contributed by atoms with Gasteiger partial charge in [-0.25, -0.2) is 10.9 Å². The number of nitrogens with two attached hydrogens (primary N) is 1. The molecule has 36 heavy (non-hydrogen) atoms. The van der Waals surface area contributed by atoms with Gasteiger partial charge >= 0.3 is 12.4 Å². The molecule has 0 spiro atoms. The van der Waals surface area contributed by atoms with Crippen molar-refractivity contribution in [2.24, 2.45) is 5.73 Å². The molecule has 4 N–H and O–H groups in total. The molecule has 0 radical (unpaired) electrons. The first-order chi connectivity index (χ1) is 16.7. The Labute approximate surface area is 205 Å². The van der Waals surface area contributed by atoms with E-state index >= 15 is 0 Å². The second-order valence-corrected chi connectivity index (χ2v) is 9.47. The number of hydrogen-bond acceptors (Lipinski definition) is 6. The molecule has 1 fully saturated rings. The van der Waals surface area contributed by atoms with Gasteiger partial charge in [-0.3, -0.25) is 14.5 Å². The number of aryl methyl sites for hydroxylation is 1. The van der Waals surface area contributed by atoms with Gasteiger partial charge in [0.2, 0.25) is 5.91 Å². The summed E-state index contributed by atoms with van der Waals surface area (Å²) in [6.45, 7) is 3.03. The number of hydrogen-bond donors (Lipinski definition) is 3. The lowest BCUT2D eigenvalue weighted by molar-refractivity contribution is -0.143. The molecule has 7 nitrogen and oxygen atoms in total. The monoisotopic (exact) mass is 530 g/mol. The number of nitrogens with one attached hydrogen (secondary N) is 2. The predicted molar refractivity (Wildman–Crippen MR) is 119 cm³/mol. The minimum absolute atomic E-state index is 0.105. The lowest BCUT2D eigenvalue weighted by Crippen LogP contribution is -2.44. The lowest BCUT2D eigenvalue weighted by atomic mass is 9.98. The molecule has 1 aliphatic rings. The molecule has 0 aliphatic carbocycles. The van der Waals surface area contributed by atoms with Gasteiger partial charge in [0.25, 0.3) is 0 Å². The number of nitrogens with zero attached hydrogens (tertiary/aromatic N) is 3. The zero-order valence-electron chi connectivity index (χ0n) is 18.8. The van der Waals surface area contributed by atoms with E-state index in [9.17, 15) is 31.1 Å². The Hall–Kier alpha value is -3.10. The van der Waals surface area contributed by atoms with Gasteiger partial charge in [0.15, 0.2) is 4.87 Å². The summed E-state index contributed by atoms with van der Waals surface area (Å²) < 4.78 is 81.8. The van der Waals surface area contributed by atoms with Crippen molar-refractivity contribution in [2.45, 2.75) is 42.5 Å². The number of hydrazine groups is 1. The van der Waals surface area contributed by atoms with Gasteiger partial charge in [0, 0.05) is 18.0 Å². The van der Waals surface area contributed by atoms with Gasteiger partial charge in [-0.1, -0.05) is 23.9 Å². The van der Waals surface area contributed by atoms with E-state index in [0.717, 1.165) is 17.8 Å². The number of alkyl halides is 6. The minimum Gasteiger partial charge on any atom is -0.368 e. The highest BCUT2D eigenvalue weighted by Crippen LogP contribution is 2.46. The molecule has 3 unspecified atom stereocenters. The van der Waals surface area contributed by atoms with Crippen LogP contribution in [0.2, 0.25) is 0 Å². The number of aromatic nitrogens is 3. The van der Waals surface area contributed by atoms with Crippen LogP contribution in [-0.4, -0.2) is 26.0 Å². The number of rotatable bonds is 5. The predicted octanol–water partition coefficient (Wildman–Crippen LogP) is 4.09. The van der Waals surface area contributed by atoms with Gasteiger partial charge in [0.05, 0.1) is 28.6 Å². The van der Waals surface area contributed by atoms with Gasteiger partial charge in [-0.15, -0.1) is 0 Å². The summed E-state index contributed by atoms with van der Waals surface area (Å²) in [5.41, 5.74) is 9.46. The Morgan fingerprint density at radius 1 is 1.17 bits per heavy atom. The number of carbonyl (C=O) groups excluding carboxylic acids is 1. The highest BCUT2D eigenvalue weighted by molar-refractivity contribution is 8.01. The summed E-state index contributed by atoms with van der Waals surface area (Å²) >= 11 is 1.10. The molecule has 0 saturated carbocycles. The van der Waals surface area contributed by atoms with E-state index in [1.54, 1.807) is 25.1 Å². The van der Waals surface area contributed by atoms with E-state index in [1.165, 1.54) is 24.0 Å². The molecule has 2 aromatic heterocycles. The third-order valence-corrected chi connectivity index (χ3v) is 7.26. The summed E-state index contributed by atoms with van der Waals surface area (Å²) in [5.74, 6) is -0.650. The standard InChI is InChI=1S/C22H20F6N6OS/c1-11-16(20(17-5-3-4-8-30-17)33-31-19(36-20)18(29)35)10-34(32-11)12(2)14-7-6-13(21(23,24)25)9-15(14)22(26,27)28/h3-10,12,19,31,33H,1-2H3,(H2,29,35). The second kappa shape index (κ2) is 9.09. The summed E-state index contributed by atoms with van der Waals surface area (Å²) in [4.78, 5) is 15.0. The summed E-state index contributed by atoms with van der Waals surface area (Å²) in [6.07, 6.45) is -6.93. The second-order valence-electron chi connectivity index (χ2n) is 8.15. The van der Waals surface area contributed by atoms with Crippen molar-refractivity contribution in [3.8, 4) is 0 Å². The zero-order chi connectivity index (χ0) is 26.5. The number of thioether (sulfide) groups is 1. The maximum absolute atomic E-state index is 13.8. The Morgan fingerprint density at radius 2 is 1.89 bits per heavy atom. The van der Waals surface area contributed by atoms with Crippen LogP contribution in [0.25, 0.3) is 0 Å². The van der Waals surface area contributed by atoms with Gasteiger partial charge in [0.1, 0.15) is 5.37 Å². The third-order valence-electron chi connectivity index (χ3n) is 5.79. The normalized spacial score (nSPS) is 21.5. The molecule has 192 valence electrons. The number of benzene rings is 1. The van der Waals surface area contributed by atoms with Crippen molar-refractivity contribution in [3.63, 3.8) is 0 Å². The zero-order valence-corrected chi connectivity index (χ0v) is 19.6. The first-order valence-electron chi connectivity index (χ1n) is 10.5. The fourth-order valence-electron chi connectivity index (χ4n) is 4.01. The van der Waals surface area contributed by atoms with E-state index in [4.69, 9.17) is 5.73 Å². The molecule has 4 rings (SSSR count). The highest BCUT2D eigenvalue weighted by atomic mass is 32.2. The van der Waals surface area contributed by atoms with E-state index in [1.807, 2.05) is 0 Å². The van der Waals surface area contributed by atoms with Crippen LogP contribution in [0.3, 0.4) is 0 Å². The van der Waals surface area contributed by atoms with E-state index in [-0.39, 0.29) is 11.6 Å². The van der Waals surface area contributed by atoms with E-state index < -0.39 is 45.7 Å². The maximum atomic E-state index is 13.8. The Morgan fingerprint density at radius 3 is 2.44 bits per heavy atom. The minimum atomic E-state index is -5.02. The van der Waals surface area contributed by atoms with Crippen LogP contribution in [0, 0.1) is 6.92 Å². The first kappa shape index (κ1) is 26.0. The Bertz CT molecular complexity index is 1280. The van der Waals surface area contributed by atoms with Crippen molar-refractivity contribution in [3.05, 3.63) is 82.4 Å². The molecule has 1 aliphatic heterocycles. The van der Waals surface area contributed by atoms with Crippen molar-refractivity contribution in [1.82, 2.24) is 25.6 Å². The topological polar surface area (TPSA) is 97.9 Å². The Balaban J connectivity index is 1.81. The summed E-state index contributed by atoms with van der Waals surface area (Å²) in [6, 6.07) is 5.57. The fraction of sp³-hybridized carbons (Fsp3) is 0.318. The maximum Gasteiger partial charge on any atom is 0.416 e. The number of primary amides is 1. The van der Waals surface area contributed by atoms with Gasteiger partial charge < -0.3 is 5.73 Å². The van der Waals surface area contributed by atoms with Crippen LogP contribution in [-0.2, 0) is 22.0 Å². The Kier molecular flexibility index (Phi) is 6.56. The largest absolute Gasteiger partial charge is 0.416 e. The van der Waals surface area contributed by atoms with Gasteiger partial charge in [-0.2, -0.15) is 31.4 Å². The van der Waals surface area contributed by atoms with E-state index in [0.29, 0.717) is 23.0 Å². The molecule has 3 aromatic rings. The number of carbonyl (C=O) groups is 1. The molecule has 3 heterocycles. The molecule has 1 aromatic carbocycles. The average Bonchev–Trinajstić information content (AvgIpc) is 3.43. The summed E-state index contributed by atoms with van der Waals surface area (Å²) in [5, 5.41) is 3.52. The third kappa shape index (κ3) is 4.67. The number of amides is 1. The van der Waals surface area contributed by atoms with E-state index in [2.05, 4.69) is 20.9 Å². The molecule has 0 bridgehead atoms. The van der Waals surface area contributed by atoms with Crippen molar-refractivity contribution in [2.75, 3.05) is 0 Å².